The van der Waals surface area contributed by atoms with E-state index in [0.29, 0.717) is 17.3 Å². The van der Waals surface area contributed by atoms with Gasteiger partial charge in [0.15, 0.2) is 0 Å². The van der Waals surface area contributed by atoms with Crippen LogP contribution in [-0.2, 0) is 9.53 Å². The van der Waals surface area contributed by atoms with E-state index in [-0.39, 0.29) is 18.0 Å². The highest BCUT2D eigenvalue weighted by Gasteiger charge is 2.55. The third-order valence-electron chi connectivity index (χ3n) is 8.45. The summed E-state index contributed by atoms with van der Waals surface area (Å²) in [6, 6.07) is 0. The number of unbranched alkanes of at least 4 members (excludes halogenated alkanes) is 2. The zero-order valence-electron chi connectivity index (χ0n) is 20.0. The third kappa shape index (κ3) is 5.68. The van der Waals surface area contributed by atoms with Gasteiger partial charge in [-0.25, -0.2) is 0 Å². The molecule has 0 spiro atoms. The molecule has 3 fully saturated rings. The van der Waals surface area contributed by atoms with Crippen LogP contribution in [0, 0.1) is 23.2 Å². The van der Waals surface area contributed by atoms with Crippen molar-refractivity contribution in [3.63, 3.8) is 0 Å². The van der Waals surface area contributed by atoms with E-state index in [1.54, 1.807) is 4.90 Å². The van der Waals surface area contributed by atoms with Crippen molar-refractivity contribution in [1.29, 1.82) is 0 Å². The van der Waals surface area contributed by atoms with Crippen molar-refractivity contribution in [3.8, 4) is 0 Å². The summed E-state index contributed by atoms with van der Waals surface area (Å²) in [5.74, 6) is 1.18. The Labute approximate surface area is 185 Å². The molecule has 0 radical (unpaired) electrons. The quantitative estimate of drug-likeness (QED) is 0.290. The van der Waals surface area contributed by atoms with Crippen LogP contribution in [0.15, 0.2) is 12.2 Å². The smallest absolute Gasteiger partial charge is 0.315 e. The summed E-state index contributed by atoms with van der Waals surface area (Å²) >= 11 is 0. The number of esters is 1. The molecule has 4 heteroatoms. The number of nitrogens with two attached hydrogens (primary N) is 1. The Balaban J connectivity index is 1.44. The first-order valence-electron chi connectivity index (χ1n) is 13.0. The van der Waals surface area contributed by atoms with E-state index in [9.17, 15) is 4.79 Å². The minimum Gasteiger partial charge on any atom is -0.462 e. The maximum Gasteiger partial charge on any atom is 0.315 e. The fraction of sp³-hybridized carbons (Fsp3) is 0.885. The molecule has 2 aliphatic carbocycles. The van der Waals surface area contributed by atoms with Crippen molar-refractivity contribution < 1.29 is 19.7 Å². The lowest BCUT2D eigenvalue weighted by molar-refractivity contribution is -0.902. The Morgan fingerprint density at radius 2 is 1.87 bits per heavy atom. The standard InChI is InChI=1S/C26H46N2O2/c1-5-7-14-28(15-8-6-2)16-10-13-27-19-22-21-17-23-20(3)11-9-12-26(23,4)18-24(21)30-25(22)29/h21-24,27H,3,5-19H2,1-2,4H3/p+2/t21-,22-,23+,24-,26-/m1/s1. The Morgan fingerprint density at radius 3 is 2.57 bits per heavy atom. The predicted molar refractivity (Wildman–Crippen MR) is 122 cm³/mol. The van der Waals surface area contributed by atoms with Crippen LogP contribution in [-0.4, -0.2) is 44.8 Å². The van der Waals surface area contributed by atoms with Crippen molar-refractivity contribution >= 4 is 5.97 Å². The minimum atomic E-state index is 0.0762. The van der Waals surface area contributed by atoms with Gasteiger partial charge in [0.2, 0.25) is 0 Å². The van der Waals surface area contributed by atoms with E-state index in [0.717, 1.165) is 25.9 Å². The summed E-state index contributed by atoms with van der Waals surface area (Å²) in [5, 5.41) is 2.40. The fourth-order valence-corrected chi connectivity index (χ4v) is 6.55. The van der Waals surface area contributed by atoms with E-state index >= 15 is 0 Å². The van der Waals surface area contributed by atoms with Crippen molar-refractivity contribution in [2.24, 2.45) is 23.2 Å². The molecular formula is C26H48N2O2+2. The van der Waals surface area contributed by atoms with Gasteiger partial charge in [-0.05, 0) is 56.3 Å². The number of hydrogen-bond acceptors (Lipinski definition) is 2. The normalized spacial score (nSPS) is 33.5. The van der Waals surface area contributed by atoms with Gasteiger partial charge in [-0.3, -0.25) is 4.79 Å². The average molecular weight is 421 g/mol. The van der Waals surface area contributed by atoms with Gasteiger partial charge in [0, 0.05) is 12.3 Å². The minimum absolute atomic E-state index is 0.0762. The lowest BCUT2D eigenvalue weighted by Crippen LogP contribution is -3.12. The zero-order chi connectivity index (χ0) is 21.6. The highest BCUT2D eigenvalue weighted by atomic mass is 16.6. The number of nitrogens with one attached hydrogen (secondary N) is 1. The zero-order valence-corrected chi connectivity index (χ0v) is 20.0. The van der Waals surface area contributed by atoms with Gasteiger partial charge < -0.3 is 15.0 Å². The van der Waals surface area contributed by atoms with Crippen LogP contribution in [0.3, 0.4) is 0 Å². The van der Waals surface area contributed by atoms with Gasteiger partial charge in [0.1, 0.15) is 12.0 Å². The monoisotopic (exact) mass is 420 g/mol. The highest BCUT2D eigenvalue weighted by Crippen LogP contribution is 2.56. The molecule has 30 heavy (non-hydrogen) atoms. The molecule has 1 saturated heterocycles. The highest BCUT2D eigenvalue weighted by molar-refractivity contribution is 5.75. The molecule has 5 atom stereocenters. The maximum absolute atomic E-state index is 12.7. The number of fused-ring (bicyclic) bond motifs is 2. The van der Waals surface area contributed by atoms with Crippen LogP contribution in [0.2, 0.25) is 0 Å². The SMILES string of the molecule is C=C1CCC[C@]2(C)C[C@H]3OC(=O)[C@H](C[NH2+]CCC[NH+](CCCC)CCCC)[C@H]3C[C@@H]12. The first-order valence-corrected chi connectivity index (χ1v) is 13.0. The molecule has 172 valence electrons. The Hall–Kier alpha value is -0.870. The predicted octanol–water partition coefficient (Wildman–Crippen LogP) is 2.74. The van der Waals surface area contributed by atoms with E-state index < -0.39 is 0 Å². The molecule has 3 N–H and O–H groups in total. The molecule has 4 nitrogen and oxygen atoms in total. The largest absolute Gasteiger partial charge is 0.462 e. The van der Waals surface area contributed by atoms with Crippen LogP contribution < -0.4 is 10.2 Å². The summed E-state index contributed by atoms with van der Waals surface area (Å²) in [6.45, 7) is 17.4. The van der Waals surface area contributed by atoms with E-state index in [1.807, 2.05) is 0 Å². The molecule has 0 aromatic rings. The van der Waals surface area contributed by atoms with Gasteiger partial charge in [-0.2, -0.15) is 0 Å². The molecule has 2 saturated carbocycles. The molecule has 0 bridgehead atoms. The van der Waals surface area contributed by atoms with Crippen LogP contribution in [0.5, 0.6) is 0 Å². The lowest BCUT2D eigenvalue weighted by Gasteiger charge is -2.49. The molecule has 0 aromatic carbocycles. The molecular weight excluding hydrogens is 372 g/mol. The molecule has 3 rings (SSSR count). The summed E-state index contributed by atoms with van der Waals surface area (Å²) in [6.07, 6.45) is 12.5. The second kappa shape index (κ2) is 11.1. The maximum atomic E-state index is 12.7. The van der Waals surface area contributed by atoms with Crippen LogP contribution >= 0.6 is 0 Å². The van der Waals surface area contributed by atoms with E-state index in [2.05, 4.69) is 32.7 Å². The number of quaternary nitrogens is 2. The van der Waals surface area contributed by atoms with Crippen LogP contribution in [0.4, 0.5) is 0 Å². The lowest BCUT2D eigenvalue weighted by atomic mass is 9.55. The number of allylic oxidation sites excluding steroid dienone is 1. The fourth-order valence-electron chi connectivity index (χ4n) is 6.55. The topological polar surface area (TPSA) is 47.3 Å². The summed E-state index contributed by atoms with van der Waals surface area (Å²) in [7, 11) is 0. The van der Waals surface area contributed by atoms with Gasteiger partial charge in [0.05, 0.1) is 32.7 Å². The molecule has 3 aliphatic rings. The van der Waals surface area contributed by atoms with Gasteiger partial charge >= 0.3 is 5.97 Å². The average Bonchev–Trinajstić information content (AvgIpc) is 3.01. The van der Waals surface area contributed by atoms with Crippen molar-refractivity contribution in [2.75, 3.05) is 32.7 Å². The second-order valence-electron chi connectivity index (χ2n) is 10.8. The van der Waals surface area contributed by atoms with Gasteiger partial charge in [-0.1, -0.05) is 45.8 Å². The second-order valence-corrected chi connectivity index (χ2v) is 10.8. The van der Waals surface area contributed by atoms with Crippen molar-refractivity contribution in [1.82, 2.24) is 0 Å². The first kappa shape index (κ1) is 23.8. The summed E-state index contributed by atoms with van der Waals surface area (Å²) < 4.78 is 5.92. The van der Waals surface area contributed by atoms with Crippen LogP contribution in [0.1, 0.15) is 85.0 Å². The molecule has 0 amide bonds. The van der Waals surface area contributed by atoms with Crippen LogP contribution in [0.25, 0.3) is 0 Å². The number of rotatable bonds is 12. The number of hydrogen-bond donors (Lipinski definition) is 2. The Kier molecular flexibility index (Phi) is 8.82. The third-order valence-corrected chi connectivity index (χ3v) is 8.45. The van der Waals surface area contributed by atoms with E-state index in [4.69, 9.17) is 4.74 Å². The van der Waals surface area contributed by atoms with Gasteiger partial charge in [0.25, 0.3) is 0 Å². The number of carbonyl (C=O) groups excluding carboxylic acids is 1. The molecule has 0 unspecified atom stereocenters. The number of ether oxygens (including phenoxy) is 1. The summed E-state index contributed by atoms with van der Waals surface area (Å²) in [5.41, 5.74) is 1.74. The Bertz CT molecular complexity index is 569. The van der Waals surface area contributed by atoms with Crippen molar-refractivity contribution in [2.45, 2.75) is 91.1 Å². The molecule has 1 aliphatic heterocycles. The van der Waals surface area contributed by atoms with Gasteiger partial charge in [-0.15, -0.1) is 0 Å². The number of carbonyl (C=O) groups is 1. The molecule has 1 heterocycles. The van der Waals surface area contributed by atoms with Crippen molar-refractivity contribution in [3.05, 3.63) is 12.2 Å². The first-order chi connectivity index (χ1) is 14.5. The molecule has 0 aromatic heterocycles. The summed E-state index contributed by atoms with van der Waals surface area (Å²) in [4.78, 5) is 14.4. The van der Waals surface area contributed by atoms with E-state index in [1.165, 1.54) is 76.6 Å². The Morgan fingerprint density at radius 1 is 1.17 bits per heavy atom.